The van der Waals surface area contributed by atoms with E-state index in [9.17, 15) is 4.79 Å². The fraction of sp³-hybridized carbons (Fsp3) is 0.125. The molecule has 0 spiro atoms. The van der Waals surface area contributed by atoms with Crippen molar-refractivity contribution in [1.82, 2.24) is 4.57 Å². The topological polar surface area (TPSA) is 34.4 Å². The molecule has 0 unspecified atom stereocenters. The summed E-state index contributed by atoms with van der Waals surface area (Å²) >= 11 is 1.48. The van der Waals surface area contributed by atoms with Crippen molar-refractivity contribution >= 4 is 28.2 Å². The molecule has 1 aliphatic heterocycles. The van der Waals surface area contributed by atoms with Crippen molar-refractivity contribution in [2.45, 2.75) is 6.54 Å². The number of rotatable bonds is 1. The zero-order chi connectivity index (χ0) is 13.5. The molecule has 0 bridgehead atoms. The number of benzene rings is 2. The largest absolute Gasteiger partial charge is 0.282 e. The molecule has 0 fully saturated rings. The predicted molar refractivity (Wildman–Crippen MR) is 81.7 cm³/mol. The van der Waals surface area contributed by atoms with Crippen LogP contribution >= 0.6 is 11.3 Å². The van der Waals surface area contributed by atoms with Crippen molar-refractivity contribution in [1.29, 1.82) is 0 Å². The highest BCUT2D eigenvalue weighted by atomic mass is 32.1. The molecule has 0 atom stereocenters. The Bertz CT molecular complexity index is 976. The van der Waals surface area contributed by atoms with Gasteiger partial charge in [0, 0.05) is 6.54 Å². The van der Waals surface area contributed by atoms with E-state index >= 15 is 0 Å². The van der Waals surface area contributed by atoms with Crippen LogP contribution in [0.2, 0.25) is 0 Å². The van der Waals surface area contributed by atoms with Gasteiger partial charge in [-0.1, -0.05) is 53.8 Å². The van der Waals surface area contributed by atoms with Gasteiger partial charge in [-0.15, -0.1) is 0 Å². The third-order valence-corrected chi connectivity index (χ3v) is 4.61. The maximum atomic E-state index is 12.3. The highest BCUT2D eigenvalue weighted by Crippen LogP contribution is 2.18. The zero-order valence-corrected chi connectivity index (χ0v) is 11.6. The monoisotopic (exact) mass is 280 g/mol. The molecular weight excluding hydrogens is 268 g/mol. The molecule has 0 aliphatic carbocycles. The first-order chi connectivity index (χ1) is 9.83. The van der Waals surface area contributed by atoms with Crippen LogP contribution < -0.4 is 14.9 Å². The fourth-order valence-corrected chi connectivity index (χ4v) is 3.61. The van der Waals surface area contributed by atoms with E-state index in [1.54, 1.807) is 4.57 Å². The van der Waals surface area contributed by atoms with E-state index in [0.29, 0.717) is 6.54 Å². The van der Waals surface area contributed by atoms with Gasteiger partial charge in [0.15, 0.2) is 4.80 Å². The lowest BCUT2D eigenvalue weighted by Crippen LogP contribution is -2.29. The van der Waals surface area contributed by atoms with E-state index in [0.717, 1.165) is 21.4 Å². The summed E-state index contributed by atoms with van der Waals surface area (Å²) in [6, 6.07) is 14.4. The van der Waals surface area contributed by atoms with E-state index in [1.807, 2.05) is 24.3 Å². The third-order valence-electron chi connectivity index (χ3n) is 3.57. The average molecular weight is 280 g/mol. The molecule has 0 N–H and O–H groups in total. The Morgan fingerprint density at radius 3 is 2.90 bits per heavy atom. The predicted octanol–water partition coefficient (Wildman–Crippen LogP) is 1.52. The van der Waals surface area contributed by atoms with Gasteiger partial charge in [-0.3, -0.25) is 14.4 Å². The normalized spacial score (nSPS) is 14.5. The number of fused-ring (bicyclic) bond motifs is 2. The maximum absolute atomic E-state index is 12.3. The Morgan fingerprint density at radius 1 is 1.15 bits per heavy atom. The van der Waals surface area contributed by atoms with Gasteiger partial charge in [0.25, 0.3) is 5.56 Å². The summed E-state index contributed by atoms with van der Waals surface area (Å²) in [5.74, 6) is 0. The second-order valence-electron chi connectivity index (χ2n) is 4.80. The van der Waals surface area contributed by atoms with Crippen LogP contribution in [0.5, 0.6) is 0 Å². The lowest BCUT2D eigenvalue weighted by atomic mass is 10.0. The number of hydrogen-bond donors (Lipinski definition) is 0. The smallest absolute Gasteiger partial charge is 0.270 e. The van der Waals surface area contributed by atoms with Crippen molar-refractivity contribution in [3.8, 4) is 0 Å². The van der Waals surface area contributed by atoms with Crippen molar-refractivity contribution in [2.24, 2.45) is 4.99 Å². The van der Waals surface area contributed by atoms with Gasteiger partial charge in [0.1, 0.15) is 0 Å². The number of nitrogens with zero attached hydrogens (tertiary/aromatic N) is 2. The lowest BCUT2D eigenvalue weighted by molar-refractivity contribution is 0.740. The van der Waals surface area contributed by atoms with E-state index in [-0.39, 0.29) is 5.56 Å². The highest BCUT2D eigenvalue weighted by Gasteiger charge is 2.09. The first kappa shape index (κ1) is 11.6. The molecule has 0 radical (unpaired) electrons. The molecule has 98 valence electrons. The second kappa shape index (κ2) is 4.42. The van der Waals surface area contributed by atoms with Crippen LogP contribution in [0.15, 0.2) is 52.3 Å². The maximum Gasteiger partial charge on any atom is 0.270 e. The van der Waals surface area contributed by atoms with Crippen molar-refractivity contribution in [2.75, 3.05) is 6.54 Å². The summed E-state index contributed by atoms with van der Waals surface area (Å²) in [5.41, 5.74) is 1.17. The molecular formula is C16H12N2OS. The van der Waals surface area contributed by atoms with Crippen LogP contribution in [0.3, 0.4) is 0 Å². The molecule has 0 saturated heterocycles. The Morgan fingerprint density at radius 2 is 2.00 bits per heavy atom. The molecule has 4 heteroatoms. The third kappa shape index (κ3) is 1.72. The SMILES string of the molecule is O=c1/c(=C/c2cccc3ccccc23)sc2n1CCN=2. The molecule has 1 aliphatic rings. The molecule has 2 aromatic carbocycles. The molecule has 20 heavy (non-hydrogen) atoms. The summed E-state index contributed by atoms with van der Waals surface area (Å²) in [6.45, 7) is 1.45. The standard InChI is InChI=1S/C16H12N2OS/c19-15-14(20-16-17-8-9-18(15)16)10-12-6-3-5-11-4-1-2-7-13(11)12/h1-7,10H,8-9H2/b14-10-. The summed E-state index contributed by atoms with van der Waals surface area (Å²) in [4.78, 5) is 17.5. The van der Waals surface area contributed by atoms with E-state index in [4.69, 9.17) is 0 Å². The van der Waals surface area contributed by atoms with Crippen LogP contribution in [-0.2, 0) is 6.54 Å². The van der Waals surface area contributed by atoms with Crippen LogP contribution in [0, 0.1) is 0 Å². The average Bonchev–Trinajstić information content (AvgIpc) is 3.04. The Labute approximate surface area is 119 Å². The van der Waals surface area contributed by atoms with Gasteiger partial charge in [-0.2, -0.15) is 0 Å². The Hall–Kier alpha value is -2.20. The number of thiazole rings is 1. The molecule has 3 aromatic rings. The molecule has 1 aromatic heterocycles. The minimum absolute atomic E-state index is 0.0826. The first-order valence-electron chi connectivity index (χ1n) is 6.56. The van der Waals surface area contributed by atoms with Gasteiger partial charge in [-0.25, -0.2) is 0 Å². The first-order valence-corrected chi connectivity index (χ1v) is 7.38. The summed E-state index contributed by atoms with van der Waals surface area (Å²) in [7, 11) is 0. The number of aromatic nitrogens is 1. The second-order valence-corrected chi connectivity index (χ2v) is 5.81. The minimum Gasteiger partial charge on any atom is -0.282 e. The fourth-order valence-electron chi connectivity index (χ4n) is 2.59. The van der Waals surface area contributed by atoms with Gasteiger partial charge in [0.05, 0.1) is 11.1 Å². The van der Waals surface area contributed by atoms with Gasteiger partial charge >= 0.3 is 0 Å². The van der Waals surface area contributed by atoms with Crippen LogP contribution in [-0.4, -0.2) is 11.1 Å². The van der Waals surface area contributed by atoms with Crippen LogP contribution in [0.25, 0.3) is 16.8 Å². The van der Waals surface area contributed by atoms with E-state index in [1.165, 1.54) is 22.1 Å². The lowest BCUT2D eigenvalue weighted by Gasteiger charge is -2.00. The quantitative estimate of drug-likeness (QED) is 0.665. The summed E-state index contributed by atoms with van der Waals surface area (Å²) < 4.78 is 2.53. The molecule has 4 rings (SSSR count). The summed E-state index contributed by atoms with van der Waals surface area (Å²) in [5, 5.41) is 2.36. The van der Waals surface area contributed by atoms with Crippen molar-refractivity contribution in [3.63, 3.8) is 0 Å². The van der Waals surface area contributed by atoms with E-state index < -0.39 is 0 Å². The molecule has 0 saturated carbocycles. The van der Waals surface area contributed by atoms with Gasteiger partial charge < -0.3 is 0 Å². The summed E-state index contributed by atoms with van der Waals surface area (Å²) in [6.07, 6.45) is 1.98. The Balaban J connectivity index is 2.02. The van der Waals surface area contributed by atoms with E-state index in [2.05, 4.69) is 29.3 Å². The molecule has 3 nitrogen and oxygen atoms in total. The Kier molecular flexibility index (Phi) is 2.57. The van der Waals surface area contributed by atoms with Crippen molar-refractivity contribution < 1.29 is 0 Å². The van der Waals surface area contributed by atoms with Crippen LogP contribution in [0.4, 0.5) is 0 Å². The number of hydrogen-bond acceptors (Lipinski definition) is 3. The minimum atomic E-state index is 0.0826. The van der Waals surface area contributed by atoms with Crippen LogP contribution in [0.1, 0.15) is 5.56 Å². The zero-order valence-electron chi connectivity index (χ0n) is 10.7. The van der Waals surface area contributed by atoms with Gasteiger partial charge in [-0.05, 0) is 22.4 Å². The van der Waals surface area contributed by atoms with Gasteiger partial charge in [0.2, 0.25) is 0 Å². The molecule has 0 amide bonds. The van der Waals surface area contributed by atoms with Crippen molar-refractivity contribution in [3.05, 3.63) is 67.7 Å². The highest BCUT2D eigenvalue weighted by molar-refractivity contribution is 7.07. The molecule has 2 heterocycles.